The first kappa shape index (κ1) is 73.7. The summed E-state index contributed by atoms with van der Waals surface area (Å²) in [7, 11) is 5.64. The van der Waals surface area contributed by atoms with Gasteiger partial charge < -0.3 is 69.9 Å². The van der Waals surface area contributed by atoms with Crippen molar-refractivity contribution in [2.45, 2.75) is 195 Å². The molecule has 28 heteroatoms. The van der Waals surface area contributed by atoms with Crippen LogP contribution in [-0.2, 0) is 57.4 Å². The lowest BCUT2D eigenvalue weighted by Crippen LogP contribution is -2.61. The number of fused-ring (bicyclic) bond motifs is 4. The van der Waals surface area contributed by atoms with Gasteiger partial charge in [-0.3, -0.25) is 52.7 Å². The molecule has 5 N–H and O–H groups in total. The first-order chi connectivity index (χ1) is 44.6. The number of unbranched alkanes of at least 4 members (excludes halogenated alkanes) is 2. The quantitative estimate of drug-likeness (QED) is 0.0933. The molecule has 7 rings (SSSR count). The van der Waals surface area contributed by atoms with E-state index in [4.69, 9.17) is 18.9 Å². The van der Waals surface area contributed by atoms with Gasteiger partial charge in [-0.15, -0.1) is 0 Å². The number of carbonyl (C=O) groups excluding carboxylic acids is 12. The minimum atomic E-state index is -1.86. The van der Waals surface area contributed by atoms with Gasteiger partial charge in [0.2, 0.25) is 52.7 Å². The molecule has 0 bridgehead atoms. The van der Waals surface area contributed by atoms with Gasteiger partial charge in [0.15, 0.2) is 11.3 Å². The van der Waals surface area contributed by atoms with E-state index in [0.29, 0.717) is 31.2 Å². The van der Waals surface area contributed by atoms with E-state index in [9.17, 15) is 47.9 Å². The Bertz CT molecular complexity index is 3510. The first-order valence-electron chi connectivity index (χ1n) is 33.0. The average molecular weight is 1330 g/mol. The molecule has 0 spiro atoms. The summed E-state index contributed by atoms with van der Waals surface area (Å²) in [5, 5.41) is 14.1. The molecule has 0 radical (unpaired) electrons. The van der Waals surface area contributed by atoms with Crippen molar-refractivity contribution in [1.82, 2.24) is 55.7 Å². The number of anilines is 1. The lowest BCUT2D eigenvalue weighted by molar-refractivity contribution is -0.163. The van der Waals surface area contributed by atoms with Gasteiger partial charge in [0.1, 0.15) is 71.8 Å². The smallest absolute Gasteiger partial charge is 0.329 e. The number of rotatable bonds is 13. The van der Waals surface area contributed by atoms with Crippen molar-refractivity contribution in [2.75, 3.05) is 66.2 Å². The van der Waals surface area contributed by atoms with Gasteiger partial charge in [-0.2, -0.15) is 0 Å². The fraction of sp³-hybridized carbons (Fsp3) is 0.642. The maximum absolute atomic E-state index is 15.7. The van der Waals surface area contributed by atoms with E-state index < -0.39 is 179 Å². The second-order valence-corrected chi connectivity index (χ2v) is 27.1. The van der Waals surface area contributed by atoms with Crippen LogP contribution in [0.2, 0.25) is 0 Å². The molecule has 0 unspecified atom stereocenters. The highest BCUT2D eigenvalue weighted by molar-refractivity contribution is 6.11. The maximum Gasteiger partial charge on any atom is 0.329 e. The van der Waals surface area contributed by atoms with Gasteiger partial charge >= 0.3 is 11.9 Å². The van der Waals surface area contributed by atoms with Gasteiger partial charge in [0, 0.05) is 53.4 Å². The highest BCUT2D eigenvalue weighted by atomic mass is 16.6. The number of hydrogen-bond donors (Lipinski definition) is 5. The van der Waals surface area contributed by atoms with Crippen LogP contribution >= 0.6 is 0 Å². The van der Waals surface area contributed by atoms with Crippen molar-refractivity contribution >= 4 is 87.8 Å². The summed E-state index contributed by atoms with van der Waals surface area (Å²) in [6.07, 6.45) is 0.420. The zero-order valence-corrected chi connectivity index (χ0v) is 57.9. The van der Waals surface area contributed by atoms with E-state index in [1.54, 1.807) is 62.3 Å². The maximum atomic E-state index is 15.7. The van der Waals surface area contributed by atoms with E-state index in [1.165, 1.54) is 80.7 Å². The van der Waals surface area contributed by atoms with Gasteiger partial charge in [0.25, 0.3) is 11.8 Å². The van der Waals surface area contributed by atoms with Gasteiger partial charge in [0.05, 0.1) is 29.9 Å². The van der Waals surface area contributed by atoms with E-state index in [1.807, 2.05) is 6.92 Å². The summed E-state index contributed by atoms with van der Waals surface area (Å²) in [6.45, 7) is 20.9. The van der Waals surface area contributed by atoms with Crippen LogP contribution < -0.4 is 32.0 Å². The van der Waals surface area contributed by atoms with Crippen molar-refractivity contribution in [1.29, 1.82) is 0 Å². The summed E-state index contributed by atoms with van der Waals surface area (Å²) in [5.74, 6) is -12.0. The summed E-state index contributed by atoms with van der Waals surface area (Å²) >= 11 is 0. The zero-order valence-electron chi connectivity index (χ0n) is 57.9. The second-order valence-electron chi connectivity index (χ2n) is 27.1. The zero-order chi connectivity index (χ0) is 70.5. The second kappa shape index (κ2) is 30.8. The average Bonchev–Trinajstić information content (AvgIpc) is 1.30. The molecule has 5 heterocycles. The van der Waals surface area contributed by atoms with Gasteiger partial charge in [-0.25, -0.2) is 14.6 Å². The lowest BCUT2D eigenvalue weighted by atomic mass is 9.97. The summed E-state index contributed by atoms with van der Waals surface area (Å²) in [5.41, 5.74) is -1.84. The number of aryl methyl sites for hydroxylation is 1. The predicted octanol–water partition coefficient (Wildman–Crippen LogP) is 2.75. The molecule has 1 aliphatic carbocycles. The Hall–Kier alpha value is -8.72. The molecular weight excluding hydrogens is 1230 g/mol. The minimum absolute atomic E-state index is 0.0131. The third kappa shape index (κ3) is 15.7. The van der Waals surface area contributed by atoms with Crippen LogP contribution in [0.4, 0.5) is 5.69 Å². The van der Waals surface area contributed by atoms with Crippen LogP contribution in [0, 0.1) is 37.5 Å². The molecule has 1 aromatic carbocycles. The monoisotopic (exact) mass is 1320 g/mol. The van der Waals surface area contributed by atoms with Crippen LogP contribution in [0.25, 0.3) is 22.6 Å². The van der Waals surface area contributed by atoms with Crippen molar-refractivity contribution in [3.63, 3.8) is 0 Å². The van der Waals surface area contributed by atoms with Crippen LogP contribution in [0.15, 0.2) is 21.3 Å². The van der Waals surface area contributed by atoms with Crippen LogP contribution in [0.5, 0.6) is 0 Å². The highest BCUT2D eigenvalue weighted by Gasteiger charge is 2.47. The molecule has 4 fully saturated rings. The molecule has 0 aromatic heterocycles. The number of benzene rings is 2. The number of ether oxygens (including phenoxy) is 2. The number of hydrogen-bond acceptors (Lipinski definition) is 18. The fourth-order valence-corrected chi connectivity index (χ4v) is 13.0. The minimum Gasteiger partial charge on any atom is -0.458 e. The highest BCUT2D eigenvalue weighted by Crippen LogP contribution is 2.36. The third-order valence-corrected chi connectivity index (χ3v) is 18.6. The van der Waals surface area contributed by atoms with E-state index in [0.717, 1.165) is 16.2 Å². The number of aromatic nitrogens is 1. The Labute approximate surface area is 554 Å². The van der Waals surface area contributed by atoms with Crippen LogP contribution in [0.1, 0.15) is 153 Å². The SMILES string of the molecule is CCCCCNc1c(C(=O)N[C@H]2C(=O)N[C@@H](C(C)C)C(=O)N3CCC[C@H]3C(=O)N(C)CC(=O)N(C)[C@H](C(C)C)C(=O)O[C@H]2C)c2nc3c(C(=O)N[C@@H]4C(=O)N[C@H](C(C)C)C(=O)N5CCC[C@@H]5C(=O)N(C)CC(=O)N(C)[C@@H](C(C)C)C(=O)O[C@@H]4C)ccc(C)c3oc-2c(C)c1=O. The molecule has 95 heavy (non-hydrogen) atoms. The van der Waals surface area contributed by atoms with Gasteiger partial charge in [-0.1, -0.05) is 81.2 Å². The van der Waals surface area contributed by atoms with Crippen molar-refractivity contribution in [2.24, 2.45) is 23.7 Å². The Morgan fingerprint density at radius 1 is 0.621 bits per heavy atom. The van der Waals surface area contributed by atoms with Crippen LogP contribution in [0.3, 0.4) is 0 Å². The molecule has 0 saturated carbocycles. The standard InChI is InChI=1S/C67H96N12O16/c1-18-19-20-27-68-51-45(59(84)73-49-39(13)94-67(92)54(35(8)9)77(17)44(81)31-75(15)63(88)42-24-22-29-79(42)65(90)47(33(4)5)71-61(49)86)52-57(37(11)55(51)82)95-56-36(10)25-26-40(50(56)69-52)58(83)72-48-38(12)93-66(91)53(34(6)7)76(16)43(80)30-74(14)62(87)41-23-21-28-78(41)64(89)46(32(2)3)70-60(48)85/h25-26,32-35,38-39,41-42,46-49,53-54,68H,18-24,27-31H2,1-17H3,(H,70,85)(H,71,86)(H,72,83)(H,73,84)/t38-,39+,41-,42+,46-,47+,48+,49-,53+,54-/m1/s1. The molecule has 1 aromatic rings. The fourth-order valence-electron chi connectivity index (χ4n) is 13.0. The molecule has 5 aliphatic heterocycles. The Balaban J connectivity index is 1.37. The summed E-state index contributed by atoms with van der Waals surface area (Å²) < 4.78 is 18.6. The molecular formula is C67H96N12O16. The molecule has 10 amide bonds. The number of nitrogens with zero attached hydrogens (tertiary/aromatic N) is 7. The number of amides is 10. The normalized spacial score (nSPS) is 25.4. The summed E-state index contributed by atoms with van der Waals surface area (Å²) in [6, 6.07) is -7.76. The van der Waals surface area contributed by atoms with Crippen LogP contribution in [-0.4, -0.2) is 227 Å². The van der Waals surface area contributed by atoms with Crippen molar-refractivity contribution in [3.8, 4) is 11.5 Å². The molecule has 520 valence electrons. The summed E-state index contributed by atoms with van der Waals surface area (Å²) in [4.78, 5) is 202. The van der Waals surface area contributed by atoms with Crippen molar-refractivity contribution in [3.05, 3.63) is 44.6 Å². The molecule has 10 atom stereocenters. The van der Waals surface area contributed by atoms with E-state index >= 15 is 14.4 Å². The topological polar surface area (TPSA) is 346 Å². The Morgan fingerprint density at radius 2 is 1.07 bits per heavy atom. The lowest BCUT2D eigenvalue weighted by Gasteiger charge is -2.36. The van der Waals surface area contributed by atoms with Gasteiger partial charge in [-0.05, 0) is 95.1 Å². The molecule has 6 aliphatic rings. The largest absolute Gasteiger partial charge is 0.458 e. The Kier molecular flexibility index (Phi) is 23.9. The number of nitrogens with one attached hydrogen (secondary N) is 5. The number of cyclic esters (lactones) is 2. The first-order valence-corrected chi connectivity index (χ1v) is 33.0. The number of carbonyl (C=O) groups is 12. The Morgan fingerprint density at radius 3 is 1.51 bits per heavy atom. The van der Waals surface area contributed by atoms with E-state index in [2.05, 4.69) is 26.6 Å². The van der Waals surface area contributed by atoms with Crippen molar-refractivity contribution < 1.29 is 71.4 Å². The number of esters is 2. The molecule has 4 saturated heterocycles. The third-order valence-electron chi connectivity index (χ3n) is 18.6. The molecule has 28 nitrogen and oxygen atoms in total. The van der Waals surface area contributed by atoms with E-state index in [-0.39, 0.29) is 71.8 Å². The number of likely N-dealkylation sites (N-methyl/N-ethyl adjacent to an activating group) is 4. The predicted molar refractivity (Wildman–Crippen MR) is 349 cm³/mol.